The van der Waals surface area contributed by atoms with Gasteiger partial charge in [0, 0.05) is 17.8 Å². The van der Waals surface area contributed by atoms with Crippen LogP contribution in [0.1, 0.15) is 51.0 Å². The molecule has 0 fully saturated rings. The number of hydrogen-bond donors (Lipinski definition) is 0. The molecule has 0 unspecified atom stereocenters. The van der Waals surface area contributed by atoms with Gasteiger partial charge in [0.1, 0.15) is 0 Å². The van der Waals surface area contributed by atoms with Crippen LogP contribution in [-0.4, -0.2) is 19.6 Å². The largest absolute Gasteiger partial charge is 0.252 e. The number of nitrogens with zero attached hydrogens (tertiary/aromatic N) is 4. The van der Waals surface area contributed by atoms with E-state index in [0.29, 0.717) is 17.6 Å². The zero-order valence-corrected chi connectivity index (χ0v) is 9.60. The van der Waals surface area contributed by atoms with Crippen molar-refractivity contribution < 1.29 is 0 Å². The molecule has 4 heteroatoms. The van der Waals surface area contributed by atoms with Gasteiger partial charge in [0.25, 0.3) is 5.78 Å². The maximum Gasteiger partial charge on any atom is 0.252 e. The lowest BCUT2D eigenvalue weighted by Gasteiger charge is -2.02. The Morgan fingerprint density at radius 1 is 1.07 bits per heavy atom. The van der Waals surface area contributed by atoms with E-state index in [9.17, 15) is 0 Å². The Labute approximate surface area is 89.4 Å². The van der Waals surface area contributed by atoms with Crippen molar-refractivity contribution in [2.75, 3.05) is 0 Å². The fourth-order valence-electron chi connectivity index (χ4n) is 1.37. The van der Waals surface area contributed by atoms with Gasteiger partial charge in [-0.15, -0.1) is 5.10 Å². The summed E-state index contributed by atoms with van der Waals surface area (Å²) in [5.41, 5.74) is 1.06. The van der Waals surface area contributed by atoms with Gasteiger partial charge in [-0.05, 0) is 12.0 Å². The molecule has 2 heterocycles. The molecule has 15 heavy (non-hydrogen) atoms. The third kappa shape index (κ3) is 1.84. The van der Waals surface area contributed by atoms with Gasteiger partial charge in [0.15, 0.2) is 5.82 Å². The van der Waals surface area contributed by atoms with E-state index in [1.165, 1.54) is 0 Å². The van der Waals surface area contributed by atoms with Crippen molar-refractivity contribution in [2.45, 2.75) is 39.5 Å². The fraction of sp³-hybridized carbons (Fsp3) is 0.545. The molecule has 0 radical (unpaired) electrons. The van der Waals surface area contributed by atoms with Gasteiger partial charge in [0.05, 0.1) is 0 Å². The van der Waals surface area contributed by atoms with Crippen LogP contribution in [0.2, 0.25) is 0 Å². The minimum Gasteiger partial charge on any atom is -0.216 e. The van der Waals surface area contributed by atoms with Gasteiger partial charge in [0.2, 0.25) is 0 Å². The first-order chi connectivity index (χ1) is 7.08. The van der Waals surface area contributed by atoms with Gasteiger partial charge >= 0.3 is 0 Å². The molecule has 2 rings (SSSR count). The van der Waals surface area contributed by atoms with Crippen molar-refractivity contribution >= 4 is 5.78 Å². The molecule has 0 aromatic carbocycles. The van der Waals surface area contributed by atoms with Crippen LogP contribution >= 0.6 is 0 Å². The van der Waals surface area contributed by atoms with E-state index >= 15 is 0 Å². The summed E-state index contributed by atoms with van der Waals surface area (Å²) in [6.07, 6.45) is 1.93. The number of rotatable bonds is 2. The fourth-order valence-corrected chi connectivity index (χ4v) is 1.37. The summed E-state index contributed by atoms with van der Waals surface area (Å²) in [5, 5.41) is 4.36. The van der Waals surface area contributed by atoms with Crippen molar-refractivity contribution in [2.24, 2.45) is 0 Å². The zero-order valence-electron chi connectivity index (χ0n) is 9.60. The molecule has 0 amide bonds. The van der Waals surface area contributed by atoms with Gasteiger partial charge in [-0.1, -0.05) is 27.7 Å². The summed E-state index contributed by atoms with van der Waals surface area (Å²) in [7, 11) is 0. The molecule has 0 spiro atoms. The Hall–Kier alpha value is -1.45. The third-order valence-electron chi connectivity index (χ3n) is 2.35. The Morgan fingerprint density at radius 2 is 1.80 bits per heavy atom. The van der Waals surface area contributed by atoms with E-state index in [0.717, 1.165) is 11.5 Å². The Balaban J connectivity index is 2.52. The second-order valence-corrected chi connectivity index (χ2v) is 4.38. The van der Waals surface area contributed by atoms with Crippen molar-refractivity contribution in [3.8, 4) is 0 Å². The number of fused-ring (bicyclic) bond motifs is 1. The molecular weight excluding hydrogens is 188 g/mol. The topological polar surface area (TPSA) is 43.1 Å². The smallest absolute Gasteiger partial charge is 0.216 e. The van der Waals surface area contributed by atoms with Crippen LogP contribution in [0, 0.1) is 0 Å². The third-order valence-corrected chi connectivity index (χ3v) is 2.35. The first-order valence-electron chi connectivity index (χ1n) is 5.31. The van der Waals surface area contributed by atoms with Crippen LogP contribution in [0.25, 0.3) is 5.78 Å². The first-order valence-corrected chi connectivity index (χ1v) is 5.31. The van der Waals surface area contributed by atoms with E-state index < -0.39 is 0 Å². The maximum atomic E-state index is 4.47. The summed E-state index contributed by atoms with van der Waals surface area (Å²) in [6.45, 7) is 8.41. The molecule has 0 aliphatic rings. The zero-order chi connectivity index (χ0) is 11.0. The highest BCUT2D eigenvalue weighted by Gasteiger charge is 2.09. The Morgan fingerprint density at radius 3 is 2.40 bits per heavy atom. The normalized spacial score (nSPS) is 11.9. The van der Waals surface area contributed by atoms with Crippen LogP contribution in [-0.2, 0) is 0 Å². The molecule has 0 N–H and O–H groups in total. The predicted octanol–water partition coefficient (Wildman–Crippen LogP) is 2.37. The molecule has 0 bridgehead atoms. The minimum atomic E-state index is 0.342. The predicted molar refractivity (Wildman–Crippen MR) is 59.0 cm³/mol. The van der Waals surface area contributed by atoms with E-state index in [4.69, 9.17) is 0 Å². The molecule has 4 nitrogen and oxygen atoms in total. The van der Waals surface area contributed by atoms with E-state index in [1.807, 2.05) is 12.3 Å². The Kier molecular flexibility index (Phi) is 2.42. The summed E-state index contributed by atoms with van der Waals surface area (Å²) in [6, 6.07) is 2.00. The van der Waals surface area contributed by atoms with Crippen molar-refractivity contribution in [1.29, 1.82) is 0 Å². The SMILES string of the molecule is CC(C)c1ccn2nc(C(C)C)nc2n1. The molecule has 0 saturated heterocycles. The first kappa shape index (κ1) is 10.1. The molecule has 0 aliphatic heterocycles. The molecule has 0 aliphatic carbocycles. The van der Waals surface area contributed by atoms with Crippen LogP contribution in [0.15, 0.2) is 12.3 Å². The molecule has 80 valence electrons. The second-order valence-electron chi connectivity index (χ2n) is 4.38. The standard InChI is InChI=1S/C11H16N4/c1-7(2)9-5-6-15-11(12-9)13-10(14-15)8(3)4/h5-8H,1-4H3. The quantitative estimate of drug-likeness (QED) is 0.754. The van der Waals surface area contributed by atoms with Crippen LogP contribution in [0.5, 0.6) is 0 Å². The van der Waals surface area contributed by atoms with E-state index in [-0.39, 0.29) is 0 Å². The van der Waals surface area contributed by atoms with Crippen LogP contribution < -0.4 is 0 Å². The molecule has 2 aromatic heterocycles. The molecule has 0 saturated carbocycles. The average Bonchev–Trinajstić information content (AvgIpc) is 2.59. The van der Waals surface area contributed by atoms with Crippen molar-refractivity contribution in [3.63, 3.8) is 0 Å². The van der Waals surface area contributed by atoms with Gasteiger partial charge in [-0.2, -0.15) is 4.98 Å². The molecule has 0 atom stereocenters. The number of aromatic nitrogens is 4. The minimum absolute atomic E-state index is 0.342. The van der Waals surface area contributed by atoms with Gasteiger partial charge in [-0.3, -0.25) is 0 Å². The van der Waals surface area contributed by atoms with Crippen LogP contribution in [0.3, 0.4) is 0 Å². The second kappa shape index (κ2) is 3.61. The highest BCUT2D eigenvalue weighted by Crippen LogP contribution is 2.13. The lowest BCUT2D eigenvalue weighted by atomic mass is 10.1. The summed E-state index contributed by atoms with van der Waals surface area (Å²) >= 11 is 0. The number of hydrogen-bond acceptors (Lipinski definition) is 3. The van der Waals surface area contributed by atoms with Crippen molar-refractivity contribution in [1.82, 2.24) is 19.6 Å². The van der Waals surface area contributed by atoms with Crippen molar-refractivity contribution in [3.05, 3.63) is 23.8 Å². The highest BCUT2D eigenvalue weighted by atomic mass is 15.3. The van der Waals surface area contributed by atoms with E-state index in [1.54, 1.807) is 4.52 Å². The summed E-state index contributed by atoms with van der Waals surface area (Å²) in [4.78, 5) is 8.86. The monoisotopic (exact) mass is 204 g/mol. The van der Waals surface area contributed by atoms with Gasteiger partial charge < -0.3 is 0 Å². The average molecular weight is 204 g/mol. The van der Waals surface area contributed by atoms with E-state index in [2.05, 4.69) is 42.8 Å². The molecule has 2 aromatic rings. The summed E-state index contributed by atoms with van der Waals surface area (Å²) < 4.78 is 1.74. The molecular formula is C11H16N4. The van der Waals surface area contributed by atoms with Gasteiger partial charge in [-0.25, -0.2) is 9.50 Å². The lowest BCUT2D eigenvalue weighted by Crippen LogP contribution is -1.97. The Bertz CT molecular complexity index is 464. The van der Waals surface area contributed by atoms with Crippen LogP contribution in [0.4, 0.5) is 0 Å². The maximum absolute atomic E-state index is 4.47. The highest BCUT2D eigenvalue weighted by molar-refractivity contribution is 5.29. The lowest BCUT2D eigenvalue weighted by molar-refractivity contribution is 0.762. The summed E-state index contributed by atoms with van der Waals surface area (Å²) in [5.74, 6) is 2.32.